The number of nitrogens with zero attached hydrogens (tertiary/aromatic N) is 2. The van der Waals surface area contributed by atoms with E-state index in [1.165, 1.54) is 0 Å². The quantitative estimate of drug-likeness (QED) is 0.744. The zero-order valence-electron chi connectivity index (χ0n) is 14.1. The van der Waals surface area contributed by atoms with Crippen LogP contribution in [-0.2, 0) is 4.79 Å². The molecule has 0 spiro atoms. The van der Waals surface area contributed by atoms with Crippen molar-refractivity contribution in [1.29, 1.82) is 0 Å². The molecule has 1 fully saturated rings. The van der Waals surface area contributed by atoms with Gasteiger partial charge in [0.15, 0.2) is 0 Å². The summed E-state index contributed by atoms with van der Waals surface area (Å²) >= 11 is 0. The van der Waals surface area contributed by atoms with Crippen LogP contribution in [0.25, 0.3) is 5.69 Å². The first-order valence-corrected chi connectivity index (χ1v) is 8.59. The van der Waals surface area contributed by atoms with Crippen LogP contribution in [0.3, 0.4) is 0 Å². The third-order valence-electron chi connectivity index (χ3n) is 4.50. The lowest BCUT2D eigenvalue weighted by molar-refractivity contribution is -0.116. The van der Waals surface area contributed by atoms with Crippen LogP contribution in [-0.4, -0.2) is 34.7 Å². The van der Waals surface area contributed by atoms with Gasteiger partial charge in [-0.3, -0.25) is 9.59 Å². The molecule has 0 bridgehead atoms. The molecule has 132 valence electrons. The second-order valence-electron chi connectivity index (χ2n) is 6.31. The van der Waals surface area contributed by atoms with Gasteiger partial charge in [0.05, 0.1) is 11.4 Å². The first-order valence-electron chi connectivity index (χ1n) is 8.59. The molecule has 2 aromatic rings. The Morgan fingerprint density at radius 2 is 2.00 bits per heavy atom. The maximum Gasteiger partial charge on any atom is 0.269 e. The highest BCUT2D eigenvalue weighted by Gasteiger charge is 2.16. The molecule has 0 radical (unpaired) electrons. The van der Waals surface area contributed by atoms with E-state index >= 15 is 0 Å². The number of benzene rings is 1. The topological polar surface area (TPSA) is 102 Å². The van der Waals surface area contributed by atoms with Crippen molar-refractivity contribution in [3.8, 4) is 5.69 Å². The van der Waals surface area contributed by atoms with E-state index in [4.69, 9.17) is 5.73 Å². The number of carbonyl (C=O) groups excluding carboxylic acids is 2. The van der Waals surface area contributed by atoms with Gasteiger partial charge in [-0.05, 0) is 56.5 Å². The summed E-state index contributed by atoms with van der Waals surface area (Å²) in [5.74, 6) is 0.0296. The molecule has 1 saturated heterocycles. The fourth-order valence-electron chi connectivity index (χ4n) is 3.09. The summed E-state index contributed by atoms with van der Waals surface area (Å²) in [5.41, 5.74) is 6.80. The highest BCUT2D eigenvalue weighted by molar-refractivity contribution is 5.93. The predicted molar refractivity (Wildman–Crippen MR) is 95.5 cm³/mol. The Kier molecular flexibility index (Phi) is 5.45. The molecule has 0 atom stereocenters. The van der Waals surface area contributed by atoms with Crippen molar-refractivity contribution >= 4 is 17.5 Å². The number of primary amides is 1. The average molecular weight is 341 g/mol. The zero-order valence-corrected chi connectivity index (χ0v) is 14.1. The summed E-state index contributed by atoms with van der Waals surface area (Å²) in [5, 5.41) is 10.4. The molecular formula is C18H23N5O2. The van der Waals surface area contributed by atoms with Crippen LogP contribution < -0.4 is 16.4 Å². The SMILES string of the molecule is NC(=O)c1ccn(-c2ccccc2NC(=O)CCC2CCNCC2)n1. The van der Waals surface area contributed by atoms with E-state index in [9.17, 15) is 9.59 Å². The molecule has 4 N–H and O–H groups in total. The zero-order chi connectivity index (χ0) is 17.6. The molecular weight excluding hydrogens is 318 g/mol. The normalized spacial score (nSPS) is 15.0. The lowest BCUT2D eigenvalue weighted by Gasteiger charge is -2.22. The van der Waals surface area contributed by atoms with Gasteiger partial charge in [-0.1, -0.05) is 12.1 Å². The number of amides is 2. The van der Waals surface area contributed by atoms with E-state index in [-0.39, 0.29) is 11.6 Å². The second-order valence-corrected chi connectivity index (χ2v) is 6.31. The first-order chi connectivity index (χ1) is 12.1. The lowest BCUT2D eigenvalue weighted by atomic mass is 9.93. The van der Waals surface area contributed by atoms with E-state index in [1.54, 1.807) is 16.9 Å². The van der Waals surface area contributed by atoms with Crippen LogP contribution in [0.2, 0.25) is 0 Å². The fourth-order valence-corrected chi connectivity index (χ4v) is 3.09. The molecule has 1 aliphatic heterocycles. The number of hydrogen-bond acceptors (Lipinski definition) is 4. The Balaban J connectivity index is 1.65. The summed E-state index contributed by atoms with van der Waals surface area (Å²) < 4.78 is 1.54. The molecule has 0 unspecified atom stereocenters. The molecule has 0 saturated carbocycles. The Morgan fingerprint density at radius 3 is 2.72 bits per heavy atom. The van der Waals surface area contributed by atoms with Gasteiger partial charge in [-0.2, -0.15) is 5.10 Å². The van der Waals surface area contributed by atoms with Crippen LogP contribution in [0.15, 0.2) is 36.5 Å². The van der Waals surface area contributed by atoms with E-state index < -0.39 is 5.91 Å². The van der Waals surface area contributed by atoms with Gasteiger partial charge in [0.25, 0.3) is 5.91 Å². The summed E-state index contributed by atoms with van der Waals surface area (Å²) in [6.45, 7) is 2.08. The van der Waals surface area contributed by atoms with Crippen LogP contribution in [0.1, 0.15) is 36.2 Å². The van der Waals surface area contributed by atoms with Gasteiger partial charge in [0, 0.05) is 12.6 Å². The van der Waals surface area contributed by atoms with Crippen molar-refractivity contribution in [1.82, 2.24) is 15.1 Å². The minimum absolute atomic E-state index is 0.00624. The van der Waals surface area contributed by atoms with Gasteiger partial charge < -0.3 is 16.4 Å². The second kappa shape index (κ2) is 7.94. The Morgan fingerprint density at radius 1 is 1.24 bits per heavy atom. The number of piperidine rings is 1. The van der Waals surface area contributed by atoms with Crippen molar-refractivity contribution in [3.05, 3.63) is 42.2 Å². The third kappa shape index (κ3) is 4.45. The number of nitrogens with one attached hydrogen (secondary N) is 2. The Hall–Kier alpha value is -2.67. The smallest absolute Gasteiger partial charge is 0.269 e. The van der Waals surface area contributed by atoms with Gasteiger partial charge in [0.2, 0.25) is 5.91 Å². The minimum Gasteiger partial charge on any atom is -0.364 e. The first kappa shape index (κ1) is 17.2. The molecule has 1 aromatic carbocycles. The summed E-state index contributed by atoms with van der Waals surface area (Å²) in [6, 6.07) is 8.91. The molecule has 2 amide bonds. The molecule has 2 heterocycles. The van der Waals surface area contributed by atoms with E-state index in [1.807, 2.05) is 24.3 Å². The van der Waals surface area contributed by atoms with Crippen LogP contribution in [0.4, 0.5) is 5.69 Å². The molecule has 0 aliphatic carbocycles. The molecule has 1 aromatic heterocycles. The van der Waals surface area contributed by atoms with Gasteiger partial charge in [0.1, 0.15) is 5.69 Å². The highest BCUT2D eigenvalue weighted by Crippen LogP contribution is 2.22. The van der Waals surface area contributed by atoms with Crippen molar-refractivity contribution < 1.29 is 9.59 Å². The maximum atomic E-state index is 12.3. The third-order valence-corrected chi connectivity index (χ3v) is 4.50. The predicted octanol–water partition coefficient (Wildman–Crippen LogP) is 1.69. The number of nitrogens with two attached hydrogens (primary N) is 1. The van der Waals surface area contributed by atoms with E-state index in [0.29, 0.717) is 23.7 Å². The van der Waals surface area contributed by atoms with Gasteiger partial charge in [-0.25, -0.2) is 4.68 Å². The van der Waals surface area contributed by atoms with Gasteiger partial charge in [-0.15, -0.1) is 0 Å². The van der Waals surface area contributed by atoms with E-state index in [2.05, 4.69) is 15.7 Å². The number of aromatic nitrogens is 2. The van der Waals surface area contributed by atoms with Crippen LogP contribution in [0.5, 0.6) is 0 Å². The van der Waals surface area contributed by atoms with Crippen molar-refractivity contribution in [2.45, 2.75) is 25.7 Å². The molecule has 3 rings (SSSR count). The number of anilines is 1. The fraction of sp³-hybridized carbons (Fsp3) is 0.389. The summed E-state index contributed by atoms with van der Waals surface area (Å²) in [4.78, 5) is 23.5. The average Bonchev–Trinajstić information content (AvgIpc) is 3.12. The van der Waals surface area contributed by atoms with Gasteiger partial charge >= 0.3 is 0 Å². The maximum absolute atomic E-state index is 12.3. The Labute approximate surface area is 146 Å². The molecule has 1 aliphatic rings. The summed E-state index contributed by atoms with van der Waals surface area (Å²) in [7, 11) is 0. The van der Waals surface area contributed by atoms with Crippen molar-refractivity contribution in [3.63, 3.8) is 0 Å². The Bertz CT molecular complexity index is 749. The monoisotopic (exact) mass is 341 g/mol. The summed E-state index contributed by atoms with van der Waals surface area (Å²) in [6.07, 6.45) is 5.33. The number of hydrogen-bond donors (Lipinski definition) is 3. The lowest BCUT2D eigenvalue weighted by Crippen LogP contribution is -2.28. The van der Waals surface area contributed by atoms with Crippen molar-refractivity contribution in [2.75, 3.05) is 18.4 Å². The van der Waals surface area contributed by atoms with Crippen LogP contribution in [0, 0.1) is 5.92 Å². The number of carbonyl (C=O) groups is 2. The molecule has 7 heteroatoms. The standard InChI is InChI=1S/C18H23N5O2/c19-18(25)15-9-12-23(22-15)16-4-2-1-3-14(16)21-17(24)6-5-13-7-10-20-11-8-13/h1-4,9,12-13,20H,5-8,10-11H2,(H2,19,25)(H,21,24). The van der Waals surface area contributed by atoms with Crippen LogP contribution >= 0.6 is 0 Å². The van der Waals surface area contributed by atoms with Crippen molar-refractivity contribution in [2.24, 2.45) is 11.7 Å². The number of para-hydroxylation sites is 2. The molecule has 25 heavy (non-hydrogen) atoms. The largest absolute Gasteiger partial charge is 0.364 e. The number of rotatable bonds is 6. The molecule has 7 nitrogen and oxygen atoms in total. The minimum atomic E-state index is -0.581. The van der Waals surface area contributed by atoms with E-state index in [0.717, 1.165) is 32.4 Å². The highest BCUT2D eigenvalue weighted by atomic mass is 16.2.